The predicted octanol–water partition coefficient (Wildman–Crippen LogP) is 2.79. The first-order valence-electron chi connectivity index (χ1n) is 5.84. The molecule has 0 fully saturated rings. The first-order valence-corrected chi connectivity index (χ1v) is 7.07. The van der Waals surface area contributed by atoms with Gasteiger partial charge in [-0.2, -0.15) is 9.97 Å². The highest BCUT2D eigenvalue weighted by molar-refractivity contribution is 7.98. The van der Waals surface area contributed by atoms with E-state index in [9.17, 15) is 0 Å². The molecular formula is C12H22N4S. The van der Waals surface area contributed by atoms with Crippen molar-refractivity contribution in [3.05, 3.63) is 5.82 Å². The summed E-state index contributed by atoms with van der Waals surface area (Å²) in [7, 11) is 0. The van der Waals surface area contributed by atoms with Gasteiger partial charge in [0.15, 0.2) is 5.16 Å². The number of hydrogen-bond acceptors (Lipinski definition) is 5. The molecule has 4 nitrogen and oxygen atoms in total. The summed E-state index contributed by atoms with van der Waals surface area (Å²) < 4.78 is 0. The van der Waals surface area contributed by atoms with Crippen LogP contribution in [0.4, 0.5) is 5.95 Å². The molecule has 1 atom stereocenters. The Labute approximate surface area is 108 Å². The third-order valence-electron chi connectivity index (χ3n) is 2.35. The van der Waals surface area contributed by atoms with E-state index >= 15 is 0 Å². The lowest BCUT2D eigenvalue weighted by Gasteiger charge is -2.22. The molecule has 0 aliphatic heterocycles. The molecule has 1 unspecified atom stereocenters. The molecule has 0 aliphatic rings. The molecule has 2 N–H and O–H groups in total. The van der Waals surface area contributed by atoms with Crippen LogP contribution in [0, 0.1) is 11.3 Å². The summed E-state index contributed by atoms with van der Waals surface area (Å²) in [6, 6.07) is 0. The topological polar surface area (TPSA) is 64.7 Å². The number of nitrogen functional groups attached to an aromatic ring is 1. The summed E-state index contributed by atoms with van der Waals surface area (Å²) in [5.41, 5.74) is 6.00. The van der Waals surface area contributed by atoms with E-state index in [1.807, 2.05) is 6.26 Å². The second kappa shape index (κ2) is 5.67. The van der Waals surface area contributed by atoms with Crippen LogP contribution in [0.25, 0.3) is 0 Å². The zero-order valence-electron chi connectivity index (χ0n) is 11.3. The number of thioether (sulfide) groups is 1. The van der Waals surface area contributed by atoms with Crippen LogP contribution in [0.2, 0.25) is 0 Å². The molecule has 0 bridgehead atoms. The molecule has 17 heavy (non-hydrogen) atoms. The minimum absolute atomic E-state index is 0.322. The van der Waals surface area contributed by atoms with E-state index in [0.29, 0.717) is 22.4 Å². The lowest BCUT2D eigenvalue weighted by Crippen LogP contribution is -2.15. The smallest absolute Gasteiger partial charge is 0.224 e. The highest BCUT2D eigenvalue weighted by Gasteiger charge is 2.17. The molecule has 0 saturated heterocycles. The maximum absolute atomic E-state index is 5.66. The van der Waals surface area contributed by atoms with Crippen molar-refractivity contribution < 1.29 is 0 Å². The van der Waals surface area contributed by atoms with Crippen LogP contribution in [-0.4, -0.2) is 21.2 Å². The first-order chi connectivity index (χ1) is 7.80. The van der Waals surface area contributed by atoms with E-state index in [1.54, 1.807) is 0 Å². The van der Waals surface area contributed by atoms with Gasteiger partial charge in [-0.1, -0.05) is 39.5 Å². The van der Waals surface area contributed by atoms with E-state index in [0.717, 1.165) is 18.7 Å². The Morgan fingerprint density at radius 1 is 1.24 bits per heavy atom. The van der Waals surface area contributed by atoms with Crippen molar-refractivity contribution in [3.8, 4) is 0 Å². The summed E-state index contributed by atoms with van der Waals surface area (Å²) in [5.74, 6) is 1.67. The Morgan fingerprint density at radius 3 is 2.41 bits per heavy atom. The maximum Gasteiger partial charge on any atom is 0.224 e. The van der Waals surface area contributed by atoms with Gasteiger partial charge in [-0.3, -0.25) is 0 Å². The van der Waals surface area contributed by atoms with Gasteiger partial charge >= 0.3 is 0 Å². The summed E-state index contributed by atoms with van der Waals surface area (Å²) in [6.45, 7) is 8.97. The molecule has 0 radical (unpaired) electrons. The van der Waals surface area contributed by atoms with Gasteiger partial charge in [0.05, 0.1) is 0 Å². The van der Waals surface area contributed by atoms with Crippen molar-refractivity contribution in [2.75, 3.05) is 12.0 Å². The van der Waals surface area contributed by atoms with E-state index in [1.165, 1.54) is 11.8 Å². The fourth-order valence-electron chi connectivity index (χ4n) is 2.03. The third-order valence-corrected chi connectivity index (χ3v) is 2.90. The van der Waals surface area contributed by atoms with Crippen molar-refractivity contribution in [3.63, 3.8) is 0 Å². The molecular weight excluding hydrogens is 232 g/mol. The van der Waals surface area contributed by atoms with Crippen molar-refractivity contribution >= 4 is 17.7 Å². The zero-order valence-corrected chi connectivity index (χ0v) is 12.1. The molecule has 1 aromatic heterocycles. The molecule has 5 heteroatoms. The highest BCUT2D eigenvalue weighted by Crippen LogP contribution is 2.26. The van der Waals surface area contributed by atoms with E-state index in [-0.39, 0.29) is 0 Å². The largest absolute Gasteiger partial charge is 0.368 e. The Morgan fingerprint density at radius 2 is 1.88 bits per heavy atom. The van der Waals surface area contributed by atoms with Gasteiger partial charge in [-0.05, 0) is 24.0 Å². The molecule has 1 aromatic rings. The number of aromatic nitrogens is 3. The molecule has 0 aromatic carbocycles. The van der Waals surface area contributed by atoms with Crippen molar-refractivity contribution in [1.82, 2.24) is 15.0 Å². The Hall–Kier alpha value is -0.840. The number of nitrogens with zero attached hydrogens (tertiary/aromatic N) is 3. The number of rotatable bonds is 4. The SMILES string of the molecule is CSc1nc(N)nc(CC(C)CC(C)(C)C)n1. The molecule has 0 aliphatic carbocycles. The summed E-state index contributed by atoms with van der Waals surface area (Å²) in [5, 5.41) is 0.704. The van der Waals surface area contributed by atoms with Gasteiger partial charge in [0.25, 0.3) is 0 Å². The van der Waals surface area contributed by atoms with Crippen LogP contribution < -0.4 is 5.73 Å². The fourth-order valence-corrected chi connectivity index (χ4v) is 2.41. The summed E-state index contributed by atoms with van der Waals surface area (Å²) in [6.07, 6.45) is 3.95. The van der Waals surface area contributed by atoms with Gasteiger partial charge in [0.2, 0.25) is 5.95 Å². The lowest BCUT2D eigenvalue weighted by molar-refractivity contribution is 0.303. The van der Waals surface area contributed by atoms with Crippen LogP contribution in [0.5, 0.6) is 0 Å². The van der Waals surface area contributed by atoms with Gasteiger partial charge in [-0.25, -0.2) is 4.98 Å². The van der Waals surface area contributed by atoms with Crippen LogP contribution in [-0.2, 0) is 6.42 Å². The van der Waals surface area contributed by atoms with E-state index in [2.05, 4.69) is 42.6 Å². The molecule has 0 spiro atoms. The minimum Gasteiger partial charge on any atom is -0.368 e. The minimum atomic E-state index is 0.322. The summed E-state index contributed by atoms with van der Waals surface area (Å²) >= 11 is 1.50. The van der Waals surface area contributed by atoms with Crippen LogP contribution >= 0.6 is 11.8 Å². The Bertz CT molecular complexity index is 373. The van der Waals surface area contributed by atoms with Crippen LogP contribution in [0.3, 0.4) is 0 Å². The van der Waals surface area contributed by atoms with Gasteiger partial charge in [-0.15, -0.1) is 0 Å². The average molecular weight is 254 g/mol. The van der Waals surface area contributed by atoms with Crippen molar-refractivity contribution in [2.24, 2.45) is 11.3 Å². The molecule has 0 amide bonds. The van der Waals surface area contributed by atoms with Crippen molar-refractivity contribution in [1.29, 1.82) is 0 Å². The monoisotopic (exact) mass is 254 g/mol. The molecule has 0 saturated carbocycles. The van der Waals surface area contributed by atoms with Gasteiger partial charge in [0, 0.05) is 6.42 Å². The Kier molecular flexibility index (Phi) is 4.74. The quantitative estimate of drug-likeness (QED) is 0.837. The molecule has 1 heterocycles. The Balaban J connectivity index is 2.71. The van der Waals surface area contributed by atoms with Crippen molar-refractivity contribution in [2.45, 2.75) is 45.7 Å². The van der Waals surface area contributed by atoms with E-state index < -0.39 is 0 Å². The highest BCUT2D eigenvalue weighted by atomic mass is 32.2. The second-order valence-corrected chi connectivity index (χ2v) is 6.44. The second-order valence-electron chi connectivity index (χ2n) is 5.67. The standard InChI is InChI=1S/C12H22N4S/c1-8(7-12(2,3)4)6-9-14-10(13)16-11(15-9)17-5/h8H,6-7H2,1-5H3,(H2,13,14,15,16). The van der Waals surface area contributed by atoms with E-state index in [4.69, 9.17) is 5.73 Å². The predicted molar refractivity (Wildman–Crippen MR) is 73.0 cm³/mol. The number of anilines is 1. The number of hydrogen-bond donors (Lipinski definition) is 1. The van der Waals surface area contributed by atoms with Crippen LogP contribution in [0.15, 0.2) is 5.16 Å². The first kappa shape index (κ1) is 14.2. The summed E-state index contributed by atoms with van der Waals surface area (Å²) in [4.78, 5) is 12.6. The zero-order chi connectivity index (χ0) is 13.1. The number of nitrogens with two attached hydrogens (primary N) is 1. The third kappa shape index (κ3) is 5.35. The molecule has 96 valence electrons. The normalized spacial score (nSPS) is 13.7. The van der Waals surface area contributed by atoms with Gasteiger partial charge < -0.3 is 5.73 Å². The molecule has 1 rings (SSSR count). The van der Waals surface area contributed by atoms with Gasteiger partial charge in [0.1, 0.15) is 5.82 Å². The average Bonchev–Trinajstić information content (AvgIpc) is 2.13. The maximum atomic E-state index is 5.66. The van der Waals surface area contributed by atoms with Crippen LogP contribution in [0.1, 0.15) is 39.9 Å². The lowest BCUT2D eigenvalue weighted by atomic mass is 9.84. The fraction of sp³-hybridized carbons (Fsp3) is 0.750.